The van der Waals surface area contributed by atoms with E-state index in [1.807, 2.05) is 6.92 Å². The van der Waals surface area contributed by atoms with E-state index in [1.165, 1.54) is 6.20 Å². The predicted molar refractivity (Wildman–Crippen MR) is 56.6 cm³/mol. The minimum Gasteiger partial charge on any atom is -0.465 e. The summed E-state index contributed by atoms with van der Waals surface area (Å²) in [7, 11) is 0. The van der Waals surface area contributed by atoms with Crippen LogP contribution < -0.4 is 5.73 Å². The molecule has 1 unspecified atom stereocenters. The molecule has 0 aromatic carbocycles. The van der Waals surface area contributed by atoms with Crippen LogP contribution in [0, 0.1) is 6.92 Å². The molecule has 0 amide bonds. The van der Waals surface area contributed by atoms with Crippen LogP contribution in [-0.2, 0) is 16.1 Å². The van der Waals surface area contributed by atoms with Crippen LogP contribution in [-0.4, -0.2) is 28.4 Å². The number of rotatable bonds is 4. The number of nitrogens with two attached hydrogens (primary N) is 1. The molecular weight excluding hydrogens is 218 g/mol. The van der Waals surface area contributed by atoms with Gasteiger partial charge in [0.25, 0.3) is 0 Å². The fourth-order valence-electron chi connectivity index (χ4n) is 1.12. The first-order valence-electron chi connectivity index (χ1n) is 4.66. The van der Waals surface area contributed by atoms with Gasteiger partial charge in [-0.3, -0.25) is 9.48 Å². The molecule has 0 fully saturated rings. The summed E-state index contributed by atoms with van der Waals surface area (Å²) in [6.07, 6.45) is 1.52. The van der Waals surface area contributed by atoms with Crippen LogP contribution in [0.4, 0.5) is 0 Å². The molecule has 1 aromatic heterocycles. The van der Waals surface area contributed by atoms with E-state index >= 15 is 0 Å². The molecule has 0 saturated carbocycles. The summed E-state index contributed by atoms with van der Waals surface area (Å²) in [5.41, 5.74) is 6.42. The smallest absolute Gasteiger partial charge is 0.324 e. The van der Waals surface area contributed by atoms with Crippen molar-refractivity contribution in [1.29, 1.82) is 0 Å². The van der Waals surface area contributed by atoms with Gasteiger partial charge in [-0.2, -0.15) is 5.10 Å². The normalized spacial score (nSPS) is 12.5. The Balaban J connectivity index is 2.62. The van der Waals surface area contributed by atoms with Crippen molar-refractivity contribution in [3.05, 3.63) is 16.9 Å². The molecule has 0 aliphatic rings. The molecule has 0 radical (unpaired) electrons. The Kier molecular flexibility index (Phi) is 4.11. The van der Waals surface area contributed by atoms with Crippen LogP contribution in [0.25, 0.3) is 0 Å². The first-order valence-corrected chi connectivity index (χ1v) is 5.04. The second kappa shape index (κ2) is 5.14. The number of hydrogen-bond donors (Lipinski definition) is 1. The third-order valence-electron chi connectivity index (χ3n) is 2.00. The van der Waals surface area contributed by atoms with Crippen molar-refractivity contribution in [2.75, 3.05) is 6.61 Å². The van der Waals surface area contributed by atoms with Crippen molar-refractivity contribution >= 4 is 17.6 Å². The zero-order valence-electron chi connectivity index (χ0n) is 8.74. The molecule has 0 aliphatic carbocycles. The minimum atomic E-state index is -0.709. The number of nitrogens with zero attached hydrogens (tertiary/aromatic N) is 2. The number of ether oxygens (including phenoxy) is 1. The van der Waals surface area contributed by atoms with Gasteiger partial charge in [-0.25, -0.2) is 0 Å². The van der Waals surface area contributed by atoms with E-state index in [9.17, 15) is 4.79 Å². The van der Waals surface area contributed by atoms with Gasteiger partial charge in [0.05, 0.1) is 30.1 Å². The fraction of sp³-hybridized carbons (Fsp3) is 0.556. The van der Waals surface area contributed by atoms with Crippen molar-refractivity contribution in [3.63, 3.8) is 0 Å². The SMILES string of the molecule is CCOC(=O)C(N)Cn1ncc(Cl)c1C. The van der Waals surface area contributed by atoms with Gasteiger partial charge in [0.2, 0.25) is 0 Å². The largest absolute Gasteiger partial charge is 0.465 e. The van der Waals surface area contributed by atoms with E-state index in [1.54, 1.807) is 11.6 Å². The Morgan fingerprint density at radius 2 is 2.47 bits per heavy atom. The monoisotopic (exact) mass is 231 g/mol. The molecule has 1 heterocycles. The Morgan fingerprint density at radius 3 is 2.93 bits per heavy atom. The lowest BCUT2D eigenvalue weighted by molar-refractivity contribution is -0.145. The number of carbonyl (C=O) groups is 1. The third kappa shape index (κ3) is 2.94. The molecule has 84 valence electrons. The zero-order chi connectivity index (χ0) is 11.4. The molecule has 0 spiro atoms. The maximum absolute atomic E-state index is 11.2. The summed E-state index contributed by atoms with van der Waals surface area (Å²) in [5.74, 6) is -0.427. The van der Waals surface area contributed by atoms with Gasteiger partial charge in [-0.1, -0.05) is 11.6 Å². The van der Waals surface area contributed by atoms with Gasteiger partial charge in [-0.15, -0.1) is 0 Å². The van der Waals surface area contributed by atoms with Crippen molar-refractivity contribution < 1.29 is 9.53 Å². The first kappa shape index (κ1) is 12.0. The van der Waals surface area contributed by atoms with Gasteiger partial charge in [-0.05, 0) is 13.8 Å². The summed E-state index contributed by atoms with van der Waals surface area (Å²) in [6.45, 7) is 4.15. The van der Waals surface area contributed by atoms with Crippen molar-refractivity contribution in [1.82, 2.24) is 9.78 Å². The molecule has 0 aliphatic heterocycles. The predicted octanol–water partition coefficient (Wildman–Crippen LogP) is 0.735. The van der Waals surface area contributed by atoms with Gasteiger partial charge in [0, 0.05) is 0 Å². The summed E-state index contributed by atoms with van der Waals surface area (Å²) in [6, 6.07) is -0.709. The van der Waals surface area contributed by atoms with Crippen LogP contribution in [0.2, 0.25) is 5.02 Å². The van der Waals surface area contributed by atoms with Crippen LogP contribution in [0.3, 0.4) is 0 Å². The number of carbonyl (C=O) groups excluding carboxylic acids is 1. The second-order valence-corrected chi connectivity index (χ2v) is 3.53. The minimum absolute atomic E-state index is 0.275. The maximum Gasteiger partial charge on any atom is 0.324 e. The van der Waals surface area contributed by atoms with E-state index in [4.69, 9.17) is 22.1 Å². The molecule has 1 atom stereocenters. The second-order valence-electron chi connectivity index (χ2n) is 3.12. The number of halogens is 1. The van der Waals surface area contributed by atoms with Crippen molar-refractivity contribution in [2.45, 2.75) is 26.4 Å². The van der Waals surface area contributed by atoms with Crippen LogP contribution in [0.5, 0.6) is 0 Å². The van der Waals surface area contributed by atoms with Crippen LogP contribution >= 0.6 is 11.6 Å². The average molecular weight is 232 g/mol. The Hall–Kier alpha value is -1.07. The molecule has 6 heteroatoms. The summed E-state index contributed by atoms with van der Waals surface area (Å²) in [4.78, 5) is 11.2. The van der Waals surface area contributed by atoms with Crippen LogP contribution in [0.15, 0.2) is 6.20 Å². The Bertz CT molecular complexity index is 351. The molecule has 1 aromatic rings. The van der Waals surface area contributed by atoms with E-state index < -0.39 is 12.0 Å². The zero-order valence-corrected chi connectivity index (χ0v) is 9.49. The summed E-state index contributed by atoms with van der Waals surface area (Å²) >= 11 is 5.81. The topological polar surface area (TPSA) is 70.1 Å². The highest BCUT2D eigenvalue weighted by Crippen LogP contribution is 2.13. The Morgan fingerprint density at radius 1 is 1.80 bits per heavy atom. The van der Waals surface area contributed by atoms with Gasteiger partial charge >= 0.3 is 5.97 Å². The highest BCUT2D eigenvalue weighted by Gasteiger charge is 2.16. The molecule has 1 rings (SSSR count). The first-order chi connectivity index (χ1) is 7.06. The molecule has 2 N–H and O–H groups in total. The standard InChI is InChI=1S/C9H14ClN3O2/c1-3-15-9(14)8(11)5-13-6(2)7(10)4-12-13/h4,8H,3,5,11H2,1-2H3. The van der Waals surface area contributed by atoms with Gasteiger partial charge in [0.1, 0.15) is 6.04 Å². The number of hydrogen-bond acceptors (Lipinski definition) is 4. The summed E-state index contributed by atoms with van der Waals surface area (Å²) in [5, 5.41) is 4.56. The van der Waals surface area contributed by atoms with Crippen molar-refractivity contribution in [3.8, 4) is 0 Å². The highest BCUT2D eigenvalue weighted by molar-refractivity contribution is 6.31. The summed E-state index contributed by atoms with van der Waals surface area (Å²) < 4.78 is 6.37. The van der Waals surface area contributed by atoms with Gasteiger partial charge < -0.3 is 10.5 Å². The number of esters is 1. The van der Waals surface area contributed by atoms with E-state index in [0.29, 0.717) is 11.6 Å². The molecule has 0 bridgehead atoms. The quantitative estimate of drug-likeness (QED) is 0.776. The highest BCUT2D eigenvalue weighted by atomic mass is 35.5. The lowest BCUT2D eigenvalue weighted by Gasteiger charge is -2.11. The fourth-order valence-corrected chi connectivity index (χ4v) is 1.26. The molecule has 15 heavy (non-hydrogen) atoms. The lowest BCUT2D eigenvalue weighted by atomic mass is 10.3. The van der Waals surface area contributed by atoms with Gasteiger partial charge in [0.15, 0.2) is 0 Å². The lowest BCUT2D eigenvalue weighted by Crippen LogP contribution is -2.37. The van der Waals surface area contributed by atoms with E-state index in [0.717, 1.165) is 5.69 Å². The van der Waals surface area contributed by atoms with Crippen molar-refractivity contribution in [2.24, 2.45) is 5.73 Å². The number of aromatic nitrogens is 2. The van der Waals surface area contributed by atoms with Crippen LogP contribution in [0.1, 0.15) is 12.6 Å². The van der Waals surface area contributed by atoms with E-state index in [-0.39, 0.29) is 6.54 Å². The third-order valence-corrected chi connectivity index (χ3v) is 2.37. The molecule has 0 saturated heterocycles. The van der Waals surface area contributed by atoms with E-state index in [2.05, 4.69) is 5.10 Å². The Labute approximate surface area is 93.1 Å². The average Bonchev–Trinajstić information content (AvgIpc) is 2.50. The molecule has 5 nitrogen and oxygen atoms in total. The molecular formula is C9H14ClN3O2. The maximum atomic E-state index is 11.2.